The number of nitrogens with one attached hydrogen (secondary N) is 2. The van der Waals surface area contributed by atoms with Crippen LogP contribution in [-0.2, 0) is 20.7 Å². The topological polar surface area (TPSA) is 112 Å². The number of hydrazine groups is 1. The Bertz CT molecular complexity index is 842. The SMILES string of the molecule is COC(=O)CCc1ccc(NC(=O)NN(C=O)c2ccc(C#N)cc2)cc1. The summed E-state index contributed by atoms with van der Waals surface area (Å²) in [5, 5.41) is 12.4. The second-order valence-corrected chi connectivity index (χ2v) is 5.47. The highest BCUT2D eigenvalue weighted by atomic mass is 16.5. The maximum Gasteiger partial charge on any atom is 0.338 e. The molecular weight excluding hydrogens is 348 g/mol. The number of urea groups is 1. The van der Waals surface area contributed by atoms with Crippen molar-refractivity contribution in [1.29, 1.82) is 5.26 Å². The quantitative estimate of drug-likeness (QED) is 0.444. The molecule has 0 saturated carbocycles. The lowest BCUT2D eigenvalue weighted by atomic mass is 10.1. The fraction of sp³-hybridized carbons (Fsp3) is 0.158. The zero-order valence-electron chi connectivity index (χ0n) is 14.6. The molecule has 0 aliphatic carbocycles. The highest BCUT2D eigenvalue weighted by Gasteiger charge is 2.10. The number of amides is 3. The van der Waals surface area contributed by atoms with E-state index in [1.165, 1.54) is 7.11 Å². The third kappa shape index (κ3) is 5.86. The first-order valence-corrected chi connectivity index (χ1v) is 8.04. The first-order chi connectivity index (χ1) is 13.0. The summed E-state index contributed by atoms with van der Waals surface area (Å²) >= 11 is 0. The molecule has 27 heavy (non-hydrogen) atoms. The molecule has 3 amide bonds. The van der Waals surface area contributed by atoms with Gasteiger partial charge in [-0.15, -0.1) is 0 Å². The van der Waals surface area contributed by atoms with Gasteiger partial charge in [0.2, 0.25) is 6.41 Å². The molecule has 0 bridgehead atoms. The van der Waals surface area contributed by atoms with Gasteiger partial charge >= 0.3 is 12.0 Å². The van der Waals surface area contributed by atoms with Gasteiger partial charge in [-0.1, -0.05) is 12.1 Å². The van der Waals surface area contributed by atoms with Gasteiger partial charge in [-0.2, -0.15) is 5.26 Å². The molecule has 0 saturated heterocycles. The second kappa shape index (κ2) is 9.58. The first kappa shape index (κ1) is 19.5. The van der Waals surface area contributed by atoms with E-state index in [2.05, 4.69) is 15.5 Å². The smallest absolute Gasteiger partial charge is 0.338 e. The highest BCUT2D eigenvalue weighted by Crippen LogP contribution is 2.13. The van der Waals surface area contributed by atoms with E-state index in [0.29, 0.717) is 29.8 Å². The number of methoxy groups -OCH3 is 1. The molecule has 0 aliphatic rings. The third-order valence-corrected chi connectivity index (χ3v) is 3.66. The van der Waals surface area contributed by atoms with Crippen LogP contribution in [0, 0.1) is 11.3 Å². The molecule has 2 N–H and O–H groups in total. The van der Waals surface area contributed by atoms with Crippen molar-refractivity contribution in [2.45, 2.75) is 12.8 Å². The summed E-state index contributed by atoms with van der Waals surface area (Å²) in [5.74, 6) is -0.284. The summed E-state index contributed by atoms with van der Waals surface area (Å²) in [6, 6.07) is 14.5. The molecule has 0 aromatic heterocycles. The summed E-state index contributed by atoms with van der Waals surface area (Å²) in [5.41, 5.74) is 4.72. The lowest BCUT2D eigenvalue weighted by Gasteiger charge is -2.18. The predicted molar refractivity (Wildman–Crippen MR) is 98.6 cm³/mol. The number of nitrogens with zero attached hydrogens (tertiary/aromatic N) is 2. The van der Waals surface area contributed by atoms with Crippen LogP contribution in [0.25, 0.3) is 0 Å². The lowest BCUT2D eigenvalue weighted by Crippen LogP contribution is -2.43. The molecule has 8 nitrogen and oxygen atoms in total. The summed E-state index contributed by atoms with van der Waals surface area (Å²) in [6.45, 7) is 0. The fourth-order valence-electron chi connectivity index (χ4n) is 2.22. The van der Waals surface area contributed by atoms with Crippen LogP contribution in [0.4, 0.5) is 16.2 Å². The Labute approximate surface area is 156 Å². The summed E-state index contributed by atoms with van der Waals surface area (Å²) in [4.78, 5) is 34.5. The number of benzene rings is 2. The van der Waals surface area contributed by atoms with E-state index in [1.807, 2.05) is 6.07 Å². The van der Waals surface area contributed by atoms with Gasteiger partial charge in [0.1, 0.15) is 0 Å². The predicted octanol–water partition coefficient (Wildman–Crippen LogP) is 2.36. The number of aryl methyl sites for hydroxylation is 1. The van der Waals surface area contributed by atoms with E-state index in [9.17, 15) is 14.4 Å². The van der Waals surface area contributed by atoms with Crippen molar-refractivity contribution >= 4 is 29.8 Å². The fourth-order valence-corrected chi connectivity index (χ4v) is 2.22. The second-order valence-electron chi connectivity index (χ2n) is 5.47. The van der Waals surface area contributed by atoms with Crippen LogP contribution in [0.5, 0.6) is 0 Å². The maximum atomic E-state index is 12.1. The number of anilines is 2. The van der Waals surface area contributed by atoms with Crippen LogP contribution in [0.2, 0.25) is 0 Å². The van der Waals surface area contributed by atoms with Crippen molar-refractivity contribution in [3.8, 4) is 6.07 Å². The number of ether oxygens (including phenoxy) is 1. The van der Waals surface area contributed by atoms with Gasteiger partial charge in [0.15, 0.2) is 0 Å². The van der Waals surface area contributed by atoms with Crippen LogP contribution in [0.1, 0.15) is 17.5 Å². The van der Waals surface area contributed by atoms with E-state index in [1.54, 1.807) is 48.5 Å². The van der Waals surface area contributed by atoms with E-state index in [-0.39, 0.29) is 12.4 Å². The molecule has 0 aliphatic heterocycles. The normalized spacial score (nSPS) is 9.63. The van der Waals surface area contributed by atoms with Crippen molar-refractivity contribution in [2.75, 3.05) is 17.4 Å². The zero-order valence-corrected chi connectivity index (χ0v) is 14.6. The van der Waals surface area contributed by atoms with E-state index in [0.717, 1.165) is 10.6 Å². The van der Waals surface area contributed by atoms with Crippen LogP contribution in [-0.4, -0.2) is 25.5 Å². The monoisotopic (exact) mass is 366 g/mol. The van der Waals surface area contributed by atoms with E-state index < -0.39 is 6.03 Å². The molecule has 0 radical (unpaired) electrons. The first-order valence-electron chi connectivity index (χ1n) is 8.04. The van der Waals surface area contributed by atoms with Crippen molar-refractivity contribution in [3.05, 3.63) is 59.7 Å². The van der Waals surface area contributed by atoms with Crippen LogP contribution >= 0.6 is 0 Å². The summed E-state index contributed by atoms with van der Waals surface area (Å²) in [7, 11) is 1.34. The Morgan fingerprint density at radius 1 is 1.15 bits per heavy atom. The van der Waals surface area contributed by atoms with Crippen LogP contribution < -0.4 is 15.8 Å². The average Bonchev–Trinajstić information content (AvgIpc) is 2.71. The molecule has 0 unspecified atom stereocenters. The Morgan fingerprint density at radius 2 is 1.81 bits per heavy atom. The highest BCUT2D eigenvalue weighted by molar-refractivity contribution is 5.93. The minimum absolute atomic E-state index is 0.280. The van der Waals surface area contributed by atoms with Gasteiger partial charge in [-0.3, -0.25) is 9.59 Å². The number of rotatable bonds is 7. The standard InChI is InChI=1S/C19H18N4O4/c1-27-18(25)11-6-14-2-7-16(8-3-14)21-19(26)22-23(13-24)17-9-4-15(12-20)5-10-17/h2-5,7-10,13H,6,11H2,1H3,(H2,21,22,26). The number of carbonyl (C=O) groups excluding carboxylic acids is 3. The minimum atomic E-state index is -0.603. The Morgan fingerprint density at radius 3 is 2.37 bits per heavy atom. The summed E-state index contributed by atoms with van der Waals surface area (Å²) in [6.07, 6.45) is 1.27. The molecule has 0 fully saturated rings. The molecule has 2 rings (SSSR count). The molecular formula is C19H18N4O4. The van der Waals surface area contributed by atoms with Crippen molar-refractivity contribution in [3.63, 3.8) is 0 Å². The number of nitriles is 1. The van der Waals surface area contributed by atoms with Gasteiger partial charge in [-0.05, 0) is 48.4 Å². The van der Waals surface area contributed by atoms with Gasteiger partial charge in [-0.25, -0.2) is 15.2 Å². The van der Waals surface area contributed by atoms with Crippen LogP contribution in [0.3, 0.4) is 0 Å². The van der Waals surface area contributed by atoms with Gasteiger partial charge in [0.25, 0.3) is 0 Å². The van der Waals surface area contributed by atoms with Crippen molar-refractivity contribution in [2.24, 2.45) is 0 Å². The molecule has 0 atom stereocenters. The zero-order chi connectivity index (χ0) is 19.6. The number of esters is 1. The van der Waals surface area contributed by atoms with Crippen molar-refractivity contribution < 1.29 is 19.1 Å². The molecule has 8 heteroatoms. The molecule has 2 aromatic rings. The Balaban J connectivity index is 1.92. The maximum absolute atomic E-state index is 12.1. The largest absolute Gasteiger partial charge is 0.469 e. The van der Waals surface area contributed by atoms with Gasteiger partial charge in [0, 0.05) is 12.1 Å². The van der Waals surface area contributed by atoms with E-state index >= 15 is 0 Å². The molecule has 0 heterocycles. The van der Waals surface area contributed by atoms with Crippen LogP contribution in [0.15, 0.2) is 48.5 Å². The molecule has 2 aromatic carbocycles. The third-order valence-electron chi connectivity index (χ3n) is 3.66. The lowest BCUT2D eigenvalue weighted by molar-refractivity contribution is -0.140. The van der Waals surface area contributed by atoms with Gasteiger partial charge < -0.3 is 10.1 Å². The molecule has 0 spiro atoms. The van der Waals surface area contributed by atoms with Crippen molar-refractivity contribution in [1.82, 2.24) is 5.43 Å². The summed E-state index contributed by atoms with van der Waals surface area (Å²) < 4.78 is 4.59. The van der Waals surface area contributed by atoms with Gasteiger partial charge in [0.05, 0.1) is 24.4 Å². The minimum Gasteiger partial charge on any atom is -0.469 e. The number of carbonyl (C=O) groups is 3. The Hall–Kier alpha value is -3.86. The van der Waals surface area contributed by atoms with E-state index in [4.69, 9.17) is 5.26 Å². The average molecular weight is 366 g/mol. The Kier molecular flexibility index (Phi) is 6.91. The number of hydrogen-bond donors (Lipinski definition) is 2. The molecule has 138 valence electrons. The number of hydrogen-bond acceptors (Lipinski definition) is 5.